The van der Waals surface area contributed by atoms with E-state index in [2.05, 4.69) is 29.0 Å². The lowest BCUT2D eigenvalue weighted by Crippen LogP contribution is -2.01. The third-order valence-corrected chi connectivity index (χ3v) is 5.01. The number of ketones is 1. The summed E-state index contributed by atoms with van der Waals surface area (Å²) in [5.74, 6) is 0.343. The van der Waals surface area contributed by atoms with Gasteiger partial charge in [0.05, 0.1) is 7.11 Å². The van der Waals surface area contributed by atoms with Crippen LogP contribution in [-0.2, 0) is 6.42 Å². The van der Waals surface area contributed by atoms with Crippen LogP contribution in [0.15, 0.2) is 54.4 Å². The molecule has 0 fully saturated rings. The van der Waals surface area contributed by atoms with E-state index < -0.39 is 0 Å². The van der Waals surface area contributed by atoms with Gasteiger partial charge >= 0.3 is 0 Å². The van der Waals surface area contributed by atoms with E-state index in [1.807, 2.05) is 30.5 Å². The van der Waals surface area contributed by atoms with Gasteiger partial charge in [-0.05, 0) is 36.3 Å². The highest BCUT2D eigenvalue weighted by atomic mass is 16.5. The van der Waals surface area contributed by atoms with E-state index in [0.29, 0.717) is 11.3 Å². The second kappa shape index (κ2) is 7.09. The number of methoxy groups -OCH3 is 1. The Morgan fingerprint density at radius 3 is 2.79 bits per heavy atom. The lowest BCUT2D eigenvalue weighted by Gasteiger charge is -2.02. The number of allylic oxidation sites excluding steroid dienone is 1. The second-order valence-electron chi connectivity index (χ2n) is 6.55. The van der Waals surface area contributed by atoms with Crippen molar-refractivity contribution in [2.24, 2.45) is 0 Å². The molecular formula is C23H19N3O2. The summed E-state index contributed by atoms with van der Waals surface area (Å²) in [5, 5.41) is 11.4. The van der Waals surface area contributed by atoms with Crippen molar-refractivity contribution in [1.82, 2.24) is 9.97 Å². The number of rotatable bonds is 5. The van der Waals surface area contributed by atoms with Crippen LogP contribution >= 0.6 is 0 Å². The van der Waals surface area contributed by atoms with Crippen molar-refractivity contribution >= 4 is 33.7 Å². The molecule has 0 saturated carbocycles. The molecule has 5 nitrogen and oxygen atoms in total. The van der Waals surface area contributed by atoms with Gasteiger partial charge < -0.3 is 14.7 Å². The number of aryl methyl sites for hydroxylation is 1. The molecular weight excluding hydrogens is 350 g/mol. The van der Waals surface area contributed by atoms with Crippen molar-refractivity contribution in [3.8, 4) is 11.8 Å². The van der Waals surface area contributed by atoms with Crippen LogP contribution in [0.3, 0.4) is 0 Å². The molecule has 4 rings (SSSR count). The minimum Gasteiger partial charge on any atom is -0.497 e. The molecule has 0 saturated heterocycles. The molecule has 2 aromatic carbocycles. The van der Waals surface area contributed by atoms with Crippen molar-refractivity contribution in [3.63, 3.8) is 0 Å². The molecule has 0 spiro atoms. The van der Waals surface area contributed by atoms with Crippen molar-refractivity contribution in [3.05, 3.63) is 71.1 Å². The Balaban J connectivity index is 1.80. The largest absolute Gasteiger partial charge is 0.497 e. The molecule has 4 aromatic rings. The van der Waals surface area contributed by atoms with Crippen LogP contribution in [-0.4, -0.2) is 22.9 Å². The Hall–Kier alpha value is -3.78. The summed E-state index contributed by atoms with van der Waals surface area (Å²) in [4.78, 5) is 19.4. The Morgan fingerprint density at radius 1 is 1.18 bits per heavy atom. The number of para-hydroxylation sites is 1. The predicted molar refractivity (Wildman–Crippen MR) is 110 cm³/mol. The van der Waals surface area contributed by atoms with E-state index >= 15 is 0 Å². The molecule has 0 aliphatic rings. The van der Waals surface area contributed by atoms with Crippen LogP contribution < -0.4 is 4.74 Å². The Bertz CT molecular complexity index is 1270. The van der Waals surface area contributed by atoms with Crippen LogP contribution in [0, 0.1) is 11.3 Å². The third kappa shape index (κ3) is 2.85. The van der Waals surface area contributed by atoms with Gasteiger partial charge in [-0.3, -0.25) is 4.79 Å². The molecule has 0 atom stereocenters. The zero-order chi connectivity index (χ0) is 19.7. The molecule has 0 bridgehead atoms. The number of nitriles is 1. The molecule has 0 unspecified atom stereocenters. The van der Waals surface area contributed by atoms with Crippen LogP contribution in [0.4, 0.5) is 0 Å². The first-order valence-corrected chi connectivity index (χ1v) is 9.06. The number of carbonyl (C=O) groups is 1. The van der Waals surface area contributed by atoms with E-state index in [1.165, 1.54) is 5.56 Å². The number of carbonyl (C=O) groups excluding carboxylic acids is 1. The van der Waals surface area contributed by atoms with Gasteiger partial charge in [-0.1, -0.05) is 25.1 Å². The Morgan fingerprint density at radius 2 is 2.04 bits per heavy atom. The van der Waals surface area contributed by atoms with Gasteiger partial charge in [0.25, 0.3) is 0 Å². The standard InChI is InChI=1S/C23H19N3O2/c1-3-14-5-4-6-18-16(12-26-22(14)18)9-15(11-24)23(27)20-13-25-21-8-7-17(28-2)10-19(20)21/h4-10,12-13,25-26H,3H2,1-2H3/b15-9+. The molecule has 2 N–H and O–H groups in total. The summed E-state index contributed by atoms with van der Waals surface area (Å²) < 4.78 is 5.26. The summed E-state index contributed by atoms with van der Waals surface area (Å²) in [5.41, 5.74) is 4.43. The highest BCUT2D eigenvalue weighted by Gasteiger charge is 2.18. The highest BCUT2D eigenvalue weighted by Crippen LogP contribution is 2.28. The number of nitrogens with one attached hydrogen (secondary N) is 2. The first-order chi connectivity index (χ1) is 13.7. The minimum atomic E-state index is -0.317. The number of fused-ring (bicyclic) bond motifs is 2. The van der Waals surface area contributed by atoms with Crippen molar-refractivity contribution < 1.29 is 9.53 Å². The van der Waals surface area contributed by atoms with E-state index in [1.54, 1.807) is 25.4 Å². The second-order valence-corrected chi connectivity index (χ2v) is 6.55. The quantitative estimate of drug-likeness (QED) is 0.295. The van der Waals surface area contributed by atoms with Crippen LogP contribution in [0.5, 0.6) is 5.75 Å². The van der Waals surface area contributed by atoms with Gasteiger partial charge in [0, 0.05) is 45.3 Å². The number of Topliss-reactive ketones (excluding diaryl/α,β-unsaturated/α-hetero) is 1. The van der Waals surface area contributed by atoms with E-state index in [9.17, 15) is 10.1 Å². The summed E-state index contributed by atoms with van der Waals surface area (Å²) in [7, 11) is 1.58. The molecule has 138 valence electrons. The predicted octanol–water partition coefficient (Wildman–Crippen LogP) is 5.01. The number of ether oxygens (including phenoxy) is 1. The Kier molecular flexibility index (Phi) is 4.46. The van der Waals surface area contributed by atoms with Gasteiger partial charge in [-0.15, -0.1) is 0 Å². The third-order valence-electron chi connectivity index (χ3n) is 5.01. The van der Waals surface area contributed by atoms with Gasteiger partial charge in [0.15, 0.2) is 0 Å². The van der Waals surface area contributed by atoms with E-state index in [4.69, 9.17) is 4.74 Å². The fraction of sp³-hybridized carbons (Fsp3) is 0.130. The fourth-order valence-corrected chi connectivity index (χ4v) is 3.52. The fourth-order valence-electron chi connectivity index (χ4n) is 3.52. The lowest BCUT2D eigenvalue weighted by atomic mass is 10.0. The Labute approximate surface area is 162 Å². The molecule has 2 aromatic heterocycles. The summed E-state index contributed by atoms with van der Waals surface area (Å²) in [6, 6.07) is 13.6. The molecule has 28 heavy (non-hydrogen) atoms. The number of hydrogen-bond donors (Lipinski definition) is 2. The average molecular weight is 369 g/mol. The minimum absolute atomic E-state index is 0.0894. The zero-order valence-electron chi connectivity index (χ0n) is 15.7. The molecule has 5 heteroatoms. The SMILES string of the molecule is CCc1cccc2c(/C=C(\C#N)C(=O)c3c[nH]c4ccc(OC)cc34)c[nH]c12. The smallest absolute Gasteiger partial charge is 0.205 e. The molecule has 0 amide bonds. The number of benzene rings is 2. The first-order valence-electron chi connectivity index (χ1n) is 9.06. The lowest BCUT2D eigenvalue weighted by molar-refractivity contribution is 0.104. The zero-order valence-corrected chi connectivity index (χ0v) is 15.7. The van der Waals surface area contributed by atoms with Gasteiger partial charge in [0.2, 0.25) is 5.78 Å². The van der Waals surface area contributed by atoms with Crippen molar-refractivity contribution in [2.45, 2.75) is 13.3 Å². The first kappa shape index (κ1) is 17.6. The maximum atomic E-state index is 13.1. The molecule has 2 heterocycles. The van der Waals surface area contributed by atoms with Gasteiger partial charge in [-0.25, -0.2) is 0 Å². The average Bonchev–Trinajstić information content (AvgIpc) is 3.34. The number of nitrogens with zero attached hydrogens (tertiary/aromatic N) is 1. The topological polar surface area (TPSA) is 81.7 Å². The molecule has 0 radical (unpaired) electrons. The monoisotopic (exact) mass is 369 g/mol. The van der Waals surface area contributed by atoms with Crippen molar-refractivity contribution in [1.29, 1.82) is 5.26 Å². The van der Waals surface area contributed by atoms with E-state index in [-0.39, 0.29) is 11.4 Å². The summed E-state index contributed by atoms with van der Waals surface area (Å²) in [6.07, 6.45) is 6.04. The van der Waals surface area contributed by atoms with E-state index in [0.717, 1.165) is 33.8 Å². The van der Waals surface area contributed by atoms with Crippen molar-refractivity contribution in [2.75, 3.05) is 7.11 Å². The van der Waals surface area contributed by atoms with Gasteiger partial charge in [-0.2, -0.15) is 5.26 Å². The number of aromatic nitrogens is 2. The summed E-state index contributed by atoms with van der Waals surface area (Å²) in [6.45, 7) is 2.10. The molecule has 0 aliphatic carbocycles. The van der Waals surface area contributed by atoms with Crippen LogP contribution in [0.2, 0.25) is 0 Å². The maximum absolute atomic E-state index is 13.1. The number of hydrogen-bond acceptors (Lipinski definition) is 3. The number of aromatic amines is 2. The van der Waals surface area contributed by atoms with Crippen LogP contribution in [0.25, 0.3) is 27.9 Å². The maximum Gasteiger partial charge on any atom is 0.205 e. The van der Waals surface area contributed by atoms with Crippen LogP contribution in [0.1, 0.15) is 28.4 Å². The van der Waals surface area contributed by atoms with Gasteiger partial charge in [0.1, 0.15) is 17.4 Å². The molecule has 0 aliphatic heterocycles. The normalized spacial score (nSPS) is 11.7. The number of H-pyrrole nitrogens is 2. The summed E-state index contributed by atoms with van der Waals surface area (Å²) >= 11 is 0. The highest BCUT2D eigenvalue weighted by molar-refractivity contribution is 6.20.